The van der Waals surface area contributed by atoms with Gasteiger partial charge in [-0.25, -0.2) is 0 Å². The Balaban J connectivity index is 1.53. The van der Waals surface area contributed by atoms with Crippen molar-refractivity contribution < 1.29 is 33.3 Å². The van der Waals surface area contributed by atoms with E-state index in [0.29, 0.717) is 46.5 Å². The highest BCUT2D eigenvalue weighted by Gasteiger charge is 2.42. The summed E-state index contributed by atoms with van der Waals surface area (Å²) in [5.74, 6) is 2.13. The molecule has 5 rings (SSSR count). The highest BCUT2D eigenvalue weighted by Crippen LogP contribution is 2.44. The highest BCUT2D eigenvalue weighted by atomic mass is 16.7. The average Bonchev–Trinajstić information content (AvgIpc) is 3.41. The lowest BCUT2D eigenvalue weighted by Gasteiger charge is -2.41. The number of methoxy groups -OCH3 is 3. The molecule has 37 heavy (non-hydrogen) atoms. The first kappa shape index (κ1) is 24.3. The van der Waals surface area contributed by atoms with E-state index in [-0.39, 0.29) is 25.0 Å². The maximum Gasteiger partial charge on any atom is 0.231 e. The van der Waals surface area contributed by atoms with Gasteiger partial charge in [-0.2, -0.15) is 0 Å². The summed E-state index contributed by atoms with van der Waals surface area (Å²) >= 11 is 0. The van der Waals surface area contributed by atoms with Gasteiger partial charge in [-0.3, -0.25) is 9.59 Å². The molecule has 1 N–H and O–H groups in total. The Morgan fingerprint density at radius 2 is 1.62 bits per heavy atom. The summed E-state index contributed by atoms with van der Waals surface area (Å²) in [6, 6.07) is 17.4. The molecule has 9 heteroatoms. The molecule has 2 aliphatic heterocycles. The minimum Gasteiger partial charge on any atom is -0.497 e. The maximum atomic E-state index is 13.8. The van der Waals surface area contributed by atoms with Crippen LogP contribution in [0.5, 0.6) is 28.7 Å². The van der Waals surface area contributed by atoms with Crippen LogP contribution in [-0.2, 0) is 9.59 Å². The van der Waals surface area contributed by atoms with Gasteiger partial charge < -0.3 is 33.9 Å². The molecule has 2 amide bonds. The van der Waals surface area contributed by atoms with Gasteiger partial charge in [0.25, 0.3) is 0 Å². The highest BCUT2D eigenvalue weighted by molar-refractivity contribution is 6.01. The van der Waals surface area contributed by atoms with Gasteiger partial charge in [-0.15, -0.1) is 0 Å². The van der Waals surface area contributed by atoms with Gasteiger partial charge in [0, 0.05) is 24.2 Å². The van der Waals surface area contributed by atoms with Crippen LogP contribution >= 0.6 is 0 Å². The van der Waals surface area contributed by atoms with Crippen LogP contribution in [0, 0.1) is 5.92 Å². The number of carbonyl (C=O) groups excluding carboxylic acids is 2. The third kappa shape index (κ3) is 4.72. The summed E-state index contributed by atoms with van der Waals surface area (Å²) in [6.45, 7) is 0.128. The Hall–Kier alpha value is -4.40. The molecule has 1 saturated heterocycles. The smallest absolute Gasteiger partial charge is 0.231 e. The SMILES string of the molecule is COc1ccc([C@H]2[C@H](C(=O)Nc3ccc(OC)cc3OC)CCC(=O)N2c2ccc3c(c2)OCO3)cc1. The van der Waals surface area contributed by atoms with Crippen molar-refractivity contribution in [2.45, 2.75) is 18.9 Å². The number of anilines is 2. The summed E-state index contributed by atoms with van der Waals surface area (Å²) in [5.41, 5.74) is 1.97. The van der Waals surface area contributed by atoms with Crippen LogP contribution in [0.4, 0.5) is 11.4 Å². The molecule has 9 nitrogen and oxygen atoms in total. The van der Waals surface area contributed by atoms with E-state index in [1.165, 1.54) is 7.11 Å². The zero-order valence-electron chi connectivity index (χ0n) is 20.9. The van der Waals surface area contributed by atoms with E-state index in [1.807, 2.05) is 30.3 Å². The summed E-state index contributed by atoms with van der Waals surface area (Å²) in [7, 11) is 4.69. The number of ether oxygens (including phenoxy) is 5. The third-order valence-electron chi connectivity index (χ3n) is 6.69. The lowest BCUT2D eigenvalue weighted by atomic mass is 9.83. The van der Waals surface area contributed by atoms with Crippen molar-refractivity contribution in [3.8, 4) is 28.7 Å². The van der Waals surface area contributed by atoms with Crippen LogP contribution < -0.4 is 33.9 Å². The standard InChI is InChI=1S/C28H28N2O7/c1-33-19-7-4-17(5-8-19)27-21(28(32)29-22-11-9-20(34-2)15-24(22)35-3)10-13-26(31)30(27)18-6-12-23-25(14-18)37-16-36-23/h4-9,11-12,14-15,21,27H,10,13,16H2,1-3H3,(H,29,32)/t21-,27+/m1/s1. The predicted octanol–water partition coefficient (Wildman–Crippen LogP) is 4.56. The van der Waals surface area contributed by atoms with E-state index in [9.17, 15) is 9.59 Å². The van der Waals surface area contributed by atoms with Crippen LogP contribution in [0.3, 0.4) is 0 Å². The molecule has 0 bridgehead atoms. The number of piperidine rings is 1. The number of rotatable bonds is 7. The Morgan fingerprint density at radius 3 is 2.35 bits per heavy atom. The Bertz CT molecular complexity index is 1310. The fourth-order valence-corrected chi connectivity index (χ4v) is 4.82. The number of carbonyl (C=O) groups is 2. The van der Waals surface area contributed by atoms with Gasteiger partial charge in [0.05, 0.1) is 39.0 Å². The van der Waals surface area contributed by atoms with E-state index >= 15 is 0 Å². The van der Waals surface area contributed by atoms with Gasteiger partial charge in [0.1, 0.15) is 17.2 Å². The molecule has 2 atom stereocenters. The van der Waals surface area contributed by atoms with Crippen LogP contribution in [0.15, 0.2) is 60.7 Å². The second-order valence-electron chi connectivity index (χ2n) is 8.72. The average molecular weight is 505 g/mol. The maximum absolute atomic E-state index is 13.8. The molecule has 1 fully saturated rings. The van der Waals surface area contributed by atoms with E-state index in [0.717, 1.165) is 5.56 Å². The molecular formula is C28H28N2O7. The van der Waals surface area contributed by atoms with Gasteiger partial charge in [0.2, 0.25) is 18.6 Å². The topological polar surface area (TPSA) is 95.6 Å². The Labute approximate surface area is 214 Å². The van der Waals surface area contributed by atoms with Crippen molar-refractivity contribution in [1.29, 1.82) is 0 Å². The van der Waals surface area contributed by atoms with Crippen molar-refractivity contribution in [2.75, 3.05) is 38.3 Å². The lowest BCUT2D eigenvalue weighted by Crippen LogP contribution is -2.47. The Kier molecular flexibility index (Phi) is 6.76. The molecule has 3 aromatic carbocycles. The molecule has 0 unspecified atom stereocenters. The van der Waals surface area contributed by atoms with Gasteiger partial charge in [-0.05, 0) is 48.4 Å². The Morgan fingerprint density at radius 1 is 0.892 bits per heavy atom. The normalized spacial score (nSPS) is 18.4. The second-order valence-corrected chi connectivity index (χ2v) is 8.72. The second kappa shape index (κ2) is 10.3. The minimum absolute atomic E-state index is 0.0780. The largest absolute Gasteiger partial charge is 0.497 e. The molecule has 0 saturated carbocycles. The first-order chi connectivity index (χ1) is 18.0. The molecule has 0 aliphatic carbocycles. The molecule has 192 valence electrons. The van der Waals surface area contributed by atoms with E-state index < -0.39 is 12.0 Å². The van der Waals surface area contributed by atoms with Gasteiger partial charge in [-0.1, -0.05) is 12.1 Å². The van der Waals surface area contributed by atoms with Gasteiger partial charge in [0.15, 0.2) is 11.5 Å². The zero-order valence-corrected chi connectivity index (χ0v) is 20.9. The first-order valence-electron chi connectivity index (χ1n) is 11.9. The van der Waals surface area contributed by atoms with E-state index in [2.05, 4.69) is 5.32 Å². The predicted molar refractivity (Wildman–Crippen MR) is 137 cm³/mol. The molecule has 3 aromatic rings. The monoisotopic (exact) mass is 504 g/mol. The summed E-state index contributed by atoms with van der Waals surface area (Å²) in [5, 5.41) is 3.01. The number of hydrogen-bond acceptors (Lipinski definition) is 7. The van der Waals surface area contributed by atoms with Crippen molar-refractivity contribution in [3.63, 3.8) is 0 Å². The zero-order chi connectivity index (χ0) is 25.9. The number of fused-ring (bicyclic) bond motifs is 1. The van der Waals surface area contributed by atoms with E-state index in [1.54, 1.807) is 49.5 Å². The van der Waals surface area contributed by atoms with Crippen molar-refractivity contribution in [2.24, 2.45) is 5.92 Å². The molecule has 2 heterocycles. The number of benzene rings is 3. The summed E-state index contributed by atoms with van der Waals surface area (Å²) in [4.78, 5) is 28.8. The van der Waals surface area contributed by atoms with Crippen molar-refractivity contribution >= 4 is 23.2 Å². The molecule has 0 aromatic heterocycles. The fourth-order valence-electron chi connectivity index (χ4n) is 4.82. The molecule has 2 aliphatic rings. The van der Waals surface area contributed by atoms with Crippen LogP contribution in [0.25, 0.3) is 0 Å². The van der Waals surface area contributed by atoms with Crippen LogP contribution in [-0.4, -0.2) is 39.9 Å². The number of nitrogens with zero attached hydrogens (tertiary/aromatic N) is 1. The minimum atomic E-state index is -0.559. The van der Waals surface area contributed by atoms with E-state index in [4.69, 9.17) is 23.7 Å². The third-order valence-corrected chi connectivity index (χ3v) is 6.69. The molecule has 0 spiro atoms. The lowest BCUT2D eigenvalue weighted by molar-refractivity contribution is -0.125. The quantitative estimate of drug-likeness (QED) is 0.504. The molecular weight excluding hydrogens is 476 g/mol. The molecule has 0 radical (unpaired) electrons. The van der Waals surface area contributed by atoms with Crippen molar-refractivity contribution in [1.82, 2.24) is 0 Å². The summed E-state index contributed by atoms with van der Waals surface area (Å²) < 4.78 is 27.1. The fraction of sp³-hybridized carbons (Fsp3) is 0.286. The summed E-state index contributed by atoms with van der Waals surface area (Å²) in [6.07, 6.45) is 0.611. The number of hydrogen-bond donors (Lipinski definition) is 1. The first-order valence-corrected chi connectivity index (χ1v) is 11.9. The van der Waals surface area contributed by atoms with Crippen molar-refractivity contribution in [3.05, 3.63) is 66.2 Å². The number of amides is 2. The van der Waals surface area contributed by atoms with Crippen LogP contribution in [0.1, 0.15) is 24.4 Å². The van der Waals surface area contributed by atoms with Crippen LogP contribution in [0.2, 0.25) is 0 Å². The number of nitrogens with one attached hydrogen (secondary N) is 1. The van der Waals surface area contributed by atoms with Gasteiger partial charge >= 0.3 is 0 Å².